The molecule has 3 unspecified atom stereocenters. The molecule has 5 heteroatoms. The van der Waals surface area contributed by atoms with Gasteiger partial charge in [0, 0.05) is 0 Å². The second-order valence-corrected chi connectivity index (χ2v) is 3.56. The fourth-order valence-corrected chi connectivity index (χ4v) is 1.88. The van der Waals surface area contributed by atoms with Crippen molar-refractivity contribution in [3.63, 3.8) is 0 Å². The molecule has 0 spiro atoms. The van der Waals surface area contributed by atoms with Crippen molar-refractivity contribution >= 4 is 6.47 Å². The maximum Gasteiger partial charge on any atom is 0.290 e. The van der Waals surface area contributed by atoms with Crippen LogP contribution in [0.2, 0.25) is 0 Å². The van der Waals surface area contributed by atoms with Gasteiger partial charge in [-0.25, -0.2) is 0 Å². The lowest BCUT2D eigenvalue weighted by molar-refractivity contribution is -0.166. The number of rotatable bonds is 1. The van der Waals surface area contributed by atoms with Crippen LogP contribution < -0.4 is 0 Å². The molecule has 2 rings (SSSR count). The van der Waals surface area contributed by atoms with Crippen LogP contribution in [0, 0.1) is 5.92 Å². The van der Waals surface area contributed by atoms with Crippen LogP contribution in [0.15, 0.2) is 12.2 Å². The molecule has 3 N–H and O–H groups in total. The van der Waals surface area contributed by atoms with Crippen LogP contribution in [-0.4, -0.2) is 39.8 Å². The first-order valence-electron chi connectivity index (χ1n) is 4.37. The van der Waals surface area contributed by atoms with Crippen molar-refractivity contribution in [1.82, 2.24) is 0 Å². The van der Waals surface area contributed by atoms with E-state index in [1.54, 1.807) is 6.08 Å². The third-order valence-corrected chi connectivity index (χ3v) is 2.56. The summed E-state index contributed by atoms with van der Waals surface area (Å²) < 4.78 is 5.42. The zero-order valence-electron chi connectivity index (χ0n) is 7.83. The summed E-state index contributed by atoms with van der Waals surface area (Å²) in [6.07, 6.45) is 3.10. The summed E-state index contributed by atoms with van der Waals surface area (Å²) in [6.45, 7) is 1.80. The molecular weight excluding hydrogens is 188 g/mol. The zero-order valence-corrected chi connectivity index (χ0v) is 7.83. The molecule has 2 aliphatic heterocycles. The van der Waals surface area contributed by atoms with Gasteiger partial charge in [-0.15, -0.1) is 0 Å². The Morgan fingerprint density at radius 3 is 2.43 bits per heavy atom. The van der Waals surface area contributed by atoms with Crippen LogP contribution >= 0.6 is 0 Å². The van der Waals surface area contributed by atoms with E-state index in [-0.39, 0.29) is 12.6 Å². The lowest BCUT2D eigenvalue weighted by atomic mass is 9.87. The molecule has 0 aromatic carbocycles. The van der Waals surface area contributed by atoms with Crippen molar-refractivity contribution in [3.8, 4) is 0 Å². The highest BCUT2D eigenvalue weighted by molar-refractivity contribution is 5.32. The van der Waals surface area contributed by atoms with Gasteiger partial charge in [-0.2, -0.15) is 0 Å². The predicted molar refractivity (Wildman–Crippen MR) is 47.4 cm³/mol. The minimum atomic E-state index is -1.38. The summed E-state index contributed by atoms with van der Waals surface area (Å²) >= 11 is 0. The molecule has 14 heavy (non-hydrogen) atoms. The molecule has 2 aliphatic rings. The summed E-state index contributed by atoms with van der Waals surface area (Å²) in [4.78, 5) is 8.36. The highest BCUT2D eigenvalue weighted by atomic mass is 16.6. The molecule has 0 aromatic rings. The van der Waals surface area contributed by atoms with E-state index < -0.39 is 11.9 Å². The molecule has 1 fully saturated rings. The standard InChI is InChI=1S/C8H12O3.CH2O2/c1-5-4-8(7(9)10)3-2-6(5)11-8;2-1-3/h2-3,5-7,9-10H,4H2,1H3;1H,(H,2,3). The maximum atomic E-state index is 9.03. The highest BCUT2D eigenvalue weighted by Crippen LogP contribution is 2.43. The molecule has 0 saturated carbocycles. The van der Waals surface area contributed by atoms with E-state index >= 15 is 0 Å². The van der Waals surface area contributed by atoms with E-state index in [2.05, 4.69) is 6.92 Å². The largest absolute Gasteiger partial charge is 0.483 e. The lowest BCUT2D eigenvalue weighted by Crippen LogP contribution is -2.38. The van der Waals surface area contributed by atoms with Gasteiger partial charge in [-0.05, 0) is 18.4 Å². The van der Waals surface area contributed by atoms with Crippen molar-refractivity contribution in [3.05, 3.63) is 12.2 Å². The molecule has 80 valence electrons. The Balaban J connectivity index is 0.000000293. The van der Waals surface area contributed by atoms with Crippen LogP contribution in [0.5, 0.6) is 0 Å². The Hall–Kier alpha value is -0.910. The number of aliphatic hydroxyl groups excluding tert-OH is 1. The van der Waals surface area contributed by atoms with Gasteiger partial charge in [-0.1, -0.05) is 13.0 Å². The Kier molecular flexibility index (Phi) is 3.25. The van der Waals surface area contributed by atoms with Crippen LogP contribution in [0.1, 0.15) is 13.3 Å². The van der Waals surface area contributed by atoms with E-state index in [0.29, 0.717) is 12.3 Å². The van der Waals surface area contributed by atoms with Gasteiger partial charge in [0.15, 0.2) is 6.29 Å². The van der Waals surface area contributed by atoms with Gasteiger partial charge >= 0.3 is 0 Å². The summed E-state index contributed by atoms with van der Waals surface area (Å²) in [6, 6.07) is 0. The van der Waals surface area contributed by atoms with Crippen LogP contribution in [0.3, 0.4) is 0 Å². The minimum Gasteiger partial charge on any atom is -0.483 e. The van der Waals surface area contributed by atoms with Crippen molar-refractivity contribution in [2.24, 2.45) is 5.92 Å². The Bertz CT molecular complexity index is 237. The van der Waals surface area contributed by atoms with E-state index in [1.807, 2.05) is 6.08 Å². The Morgan fingerprint density at radius 1 is 1.64 bits per heavy atom. The maximum absolute atomic E-state index is 9.03. The average Bonchev–Trinajstić information content (AvgIpc) is 2.63. The number of aliphatic hydroxyl groups is 2. The molecule has 2 bridgehead atoms. The monoisotopic (exact) mass is 202 g/mol. The zero-order chi connectivity index (χ0) is 10.8. The van der Waals surface area contributed by atoms with Gasteiger partial charge in [0.25, 0.3) is 6.47 Å². The van der Waals surface area contributed by atoms with Crippen LogP contribution in [0.4, 0.5) is 0 Å². The third kappa shape index (κ3) is 1.79. The van der Waals surface area contributed by atoms with Crippen molar-refractivity contribution in [2.45, 2.75) is 31.3 Å². The lowest BCUT2D eigenvalue weighted by Gasteiger charge is -2.24. The number of hydrogen-bond donors (Lipinski definition) is 3. The fourth-order valence-electron chi connectivity index (χ4n) is 1.88. The molecule has 0 amide bonds. The van der Waals surface area contributed by atoms with Crippen LogP contribution in [0.25, 0.3) is 0 Å². The van der Waals surface area contributed by atoms with Crippen molar-refractivity contribution < 1.29 is 24.9 Å². The first-order valence-corrected chi connectivity index (χ1v) is 4.37. The fraction of sp³-hybridized carbons (Fsp3) is 0.667. The number of ether oxygens (including phenoxy) is 1. The predicted octanol–water partition coefficient (Wildman–Crippen LogP) is -0.269. The summed E-state index contributed by atoms with van der Waals surface area (Å²) in [5.41, 5.74) is -0.788. The smallest absolute Gasteiger partial charge is 0.290 e. The summed E-state index contributed by atoms with van der Waals surface area (Å²) in [5, 5.41) is 24.9. The molecule has 2 heterocycles. The Morgan fingerprint density at radius 2 is 2.21 bits per heavy atom. The molecule has 0 aliphatic carbocycles. The minimum absolute atomic E-state index is 0.0943. The quantitative estimate of drug-likeness (QED) is 0.309. The topological polar surface area (TPSA) is 87.0 Å². The van der Waals surface area contributed by atoms with Gasteiger partial charge in [0.1, 0.15) is 5.60 Å². The molecule has 0 aromatic heterocycles. The third-order valence-electron chi connectivity index (χ3n) is 2.56. The first kappa shape index (κ1) is 11.2. The van der Waals surface area contributed by atoms with Gasteiger partial charge in [-0.3, -0.25) is 4.79 Å². The average molecular weight is 202 g/mol. The second kappa shape index (κ2) is 4.08. The molecule has 5 nitrogen and oxygen atoms in total. The number of carboxylic acid groups (broad SMARTS) is 1. The van der Waals surface area contributed by atoms with E-state index in [1.165, 1.54) is 0 Å². The molecular formula is C9H14O5. The second-order valence-electron chi connectivity index (χ2n) is 3.56. The van der Waals surface area contributed by atoms with Gasteiger partial charge in [0.05, 0.1) is 6.10 Å². The van der Waals surface area contributed by atoms with E-state index in [4.69, 9.17) is 24.9 Å². The summed E-state index contributed by atoms with van der Waals surface area (Å²) in [5.74, 6) is 0.404. The normalized spacial score (nSPS) is 38.3. The van der Waals surface area contributed by atoms with E-state index in [9.17, 15) is 0 Å². The molecule has 0 radical (unpaired) electrons. The molecule has 3 atom stereocenters. The number of fused-ring (bicyclic) bond motifs is 2. The molecule has 1 saturated heterocycles. The first-order chi connectivity index (χ1) is 6.55. The van der Waals surface area contributed by atoms with Gasteiger partial charge in [0.2, 0.25) is 0 Å². The van der Waals surface area contributed by atoms with E-state index in [0.717, 1.165) is 0 Å². The number of carbonyl (C=O) groups is 1. The highest BCUT2D eigenvalue weighted by Gasteiger charge is 2.50. The SMILES string of the molecule is CC1CC2(C(O)O)C=CC1O2.O=CO. The number of hydrogen-bond acceptors (Lipinski definition) is 4. The van der Waals surface area contributed by atoms with Crippen LogP contribution in [-0.2, 0) is 9.53 Å². The Labute approximate surface area is 81.6 Å². The van der Waals surface area contributed by atoms with Crippen molar-refractivity contribution in [1.29, 1.82) is 0 Å². The van der Waals surface area contributed by atoms with Gasteiger partial charge < -0.3 is 20.1 Å². The summed E-state index contributed by atoms with van der Waals surface area (Å²) in [7, 11) is 0. The van der Waals surface area contributed by atoms with Crippen molar-refractivity contribution in [2.75, 3.05) is 0 Å².